The van der Waals surface area contributed by atoms with E-state index in [2.05, 4.69) is 9.36 Å². The van der Waals surface area contributed by atoms with Crippen LogP contribution in [0.5, 0.6) is 6.01 Å². The van der Waals surface area contributed by atoms with E-state index in [0.29, 0.717) is 17.7 Å². The molecule has 9 heavy (non-hydrogen) atoms. The van der Waals surface area contributed by atoms with E-state index in [9.17, 15) is 0 Å². The van der Waals surface area contributed by atoms with E-state index in [-0.39, 0.29) is 0 Å². The highest BCUT2D eigenvalue weighted by Crippen LogP contribution is 2.11. The smallest absolute Gasteiger partial charge is 0.330 e. The van der Waals surface area contributed by atoms with Gasteiger partial charge in [-0.3, -0.25) is 0 Å². The predicted molar refractivity (Wildman–Crippen MR) is 35.5 cm³/mol. The monoisotopic (exact) mass is 145 g/mol. The Kier molecular flexibility index (Phi) is 1.84. The van der Waals surface area contributed by atoms with Crippen molar-refractivity contribution < 1.29 is 4.74 Å². The normalized spacial score (nSPS) is 9.44. The van der Waals surface area contributed by atoms with Crippen LogP contribution in [0, 0.1) is 0 Å². The molecule has 5 heteroatoms. The van der Waals surface area contributed by atoms with Crippen molar-refractivity contribution in [3.63, 3.8) is 0 Å². The van der Waals surface area contributed by atoms with Crippen LogP contribution in [0.3, 0.4) is 0 Å². The molecule has 1 heterocycles. The van der Waals surface area contributed by atoms with Crippen molar-refractivity contribution in [1.29, 1.82) is 0 Å². The number of ether oxygens (including phenoxy) is 1. The van der Waals surface area contributed by atoms with Gasteiger partial charge in [-0.25, -0.2) is 0 Å². The van der Waals surface area contributed by atoms with Gasteiger partial charge in [0.15, 0.2) is 0 Å². The Bertz CT molecular complexity index is 188. The molecule has 0 unspecified atom stereocenters. The molecule has 2 N–H and O–H groups in total. The summed E-state index contributed by atoms with van der Waals surface area (Å²) in [6, 6.07) is 0.375. The minimum absolute atomic E-state index is 0.375. The van der Waals surface area contributed by atoms with Gasteiger partial charge in [0.1, 0.15) is 0 Å². The Morgan fingerprint density at radius 1 is 1.78 bits per heavy atom. The number of nitrogen functional groups attached to an aromatic ring is 1. The number of nitrogens with two attached hydrogens (primary N) is 1. The van der Waals surface area contributed by atoms with Crippen LogP contribution < -0.4 is 10.5 Å². The third-order valence-electron chi connectivity index (χ3n) is 0.697. The fourth-order valence-corrected chi connectivity index (χ4v) is 0.793. The summed E-state index contributed by atoms with van der Waals surface area (Å²) in [7, 11) is 0. The molecule has 0 aliphatic heterocycles. The molecule has 1 aromatic rings. The predicted octanol–water partition coefficient (Wildman–Crippen LogP) is 0.519. The summed E-state index contributed by atoms with van der Waals surface area (Å²) in [6.07, 6.45) is 0. The zero-order valence-corrected chi connectivity index (χ0v) is 5.81. The topological polar surface area (TPSA) is 61.0 Å². The minimum Gasteiger partial charge on any atom is -0.463 e. The minimum atomic E-state index is 0.375. The second-order valence-electron chi connectivity index (χ2n) is 1.35. The van der Waals surface area contributed by atoms with Gasteiger partial charge in [0.05, 0.1) is 6.61 Å². The molecular formula is C4H7N3OS. The highest BCUT2D eigenvalue weighted by Gasteiger charge is 1.97. The van der Waals surface area contributed by atoms with Crippen molar-refractivity contribution in [3.8, 4) is 6.01 Å². The summed E-state index contributed by atoms with van der Waals surface area (Å²) in [5.74, 6) is 0. The van der Waals surface area contributed by atoms with Crippen LogP contribution in [0.4, 0.5) is 5.13 Å². The van der Waals surface area contributed by atoms with E-state index < -0.39 is 0 Å². The number of aromatic nitrogens is 2. The standard InChI is InChI=1S/C4H7N3OS/c1-2-8-4-6-3(5)9-7-4/h2H2,1H3,(H2,5,6,7). The molecule has 0 fully saturated rings. The number of hydrogen-bond acceptors (Lipinski definition) is 5. The Morgan fingerprint density at radius 3 is 3.00 bits per heavy atom. The van der Waals surface area contributed by atoms with Gasteiger partial charge in [0.25, 0.3) is 0 Å². The fourth-order valence-electron chi connectivity index (χ4n) is 0.409. The van der Waals surface area contributed by atoms with E-state index in [0.717, 1.165) is 11.5 Å². The van der Waals surface area contributed by atoms with Crippen molar-refractivity contribution in [2.75, 3.05) is 12.3 Å². The average molecular weight is 145 g/mol. The van der Waals surface area contributed by atoms with Crippen LogP contribution in [-0.2, 0) is 0 Å². The second-order valence-corrected chi connectivity index (χ2v) is 2.13. The third-order valence-corrected chi connectivity index (χ3v) is 1.22. The van der Waals surface area contributed by atoms with Crippen LogP contribution >= 0.6 is 11.5 Å². The molecule has 0 bridgehead atoms. The molecular weight excluding hydrogens is 138 g/mol. The maximum absolute atomic E-state index is 5.27. The summed E-state index contributed by atoms with van der Waals surface area (Å²) in [5, 5.41) is 0.443. The lowest BCUT2D eigenvalue weighted by molar-refractivity contribution is 0.317. The van der Waals surface area contributed by atoms with Crippen molar-refractivity contribution in [2.24, 2.45) is 0 Å². The zero-order valence-electron chi connectivity index (χ0n) is 5.00. The Labute approximate surface area is 56.8 Å². The third kappa shape index (κ3) is 1.53. The van der Waals surface area contributed by atoms with Crippen LogP contribution in [0.1, 0.15) is 6.92 Å². The van der Waals surface area contributed by atoms with Crippen molar-refractivity contribution in [3.05, 3.63) is 0 Å². The molecule has 0 aliphatic carbocycles. The van der Waals surface area contributed by atoms with Crippen molar-refractivity contribution in [1.82, 2.24) is 9.36 Å². The lowest BCUT2D eigenvalue weighted by Crippen LogP contribution is -1.92. The lowest BCUT2D eigenvalue weighted by atomic mass is 10.9. The summed E-state index contributed by atoms with van der Waals surface area (Å²) >= 11 is 1.14. The molecule has 0 aliphatic rings. The summed E-state index contributed by atoms with van der Waals surface area (Å²) in [5.41, 5.74) is 5.27. The molecule has 0 spiro atoms. The molecule has 0 saturated heterocycles. The van der Waals surface area contributed by atoms with Crippen molar-refractivity contribution >= 4 is 16.7 Å². The highest BCUT2D eigenvalue weighted by molar-refractivity contribution is 7.09. The maximum atomic E-state index is 5.27. The number of hydrogen-bond donors (Lipinski definition) is 1. The van der Waals surface area contributed by atoms with Crippen LogP contribution in [0.2, 0.25) is 0 Å². The number of rotatable bonds is 2. The average Bonchev–Trinajstić information content (AvgIpc) is 2.17. The molecule has 1 aromatic heterocycles. The highest BCUT2D eigenvalue weighted by atomic mass is 32.1. The molecule has 4 nitrogen and oxygen atoms in total. The SMILES string of the molecule is CCOc1nsc(N)n1. The fraction of sp³-hybridized carbons (Fsp3) is 0.500. The lowest BCUT2D eigenvalue weighted by Gasteiger charge is -1.90. The molecule has 0 saturated carbocycles. The quantitative estimate of drug-likeness (QED) is 0.659. The van der Waals surface area contributed by atoms with Gasteiger partial charge in [-0.1, -0.05) is 0 Å². The zero-order chi connectivity index (χ0) is 6.69. The van der Waals surface area contributed by atoms with Gasteiger partial charge < -0.3 is 10.5 Å². The maximum Gasteiger partial charge on any atom is 0.330 e. The van der Waals surface area contributed by atoms with Crippen molar-refractivity contribution in [2.45, 2.75) is 6.92 Å². The number of anilines is 1. The largest absolute Gasteiger partial charge is 0.463 e. The summed E-state index contributed by atoms with van der Waals surface area (Å²) < 4.78 is 8.72. The van der Waals surface area contributed by atoms with Crippen LogP contribution in [-0.4, -0.2) is 16.0 Å². The van der Waals surface area contributed by atoms with Crippen LogP contribution in [0.15, 0.2) is 0 Å². The van der Waals surface area contributed by atoms with E-state index in [1.54, 1.807) is 0 Å². The Balaban J connectivity index is 2.61. The van der Waals surface area contributed by atoms with Gasteiger partial charge in [-0.05, 0) is 6.92 Å². The molecule has 0 radical (unpaired) electrons. The van der Waals surface area contributed by atoms with Gasteiger partial charge >= 0.3 is 6.01 Å². The first kappa shape index (κ1) is 6.28. The molecule has 0 aromatic carbocycles. The van der Waals surface area contributed by atoms with Crippen LogP contribution in [0.25, 0.3) is 0 Å². The van der Waals surface area contributed by atoms with E-state index in [4.69, 9.17) is 10.5 Å². The first-order valence-electron chi connectivity index (χ1n) is 2.55. The molecule has 50 valence electrons. The van der Waals surface area contributed by atoms with E-state index in [1.165, 1.54) is 0 Å². The first-order chi connectivity index (χ1) is 4.33. The molecule has 1 rings (SSSR count). The second kappa shape index (κ2) is 2.63. The van der Waals surface area contributed by atoms with E-state index >= 15 is 0 Å². The Hall–Kier alpha value is -0.840. The van der Waals surface area contributed by atoms with Gasteiger partial charge in [-0.2, -0.15) is 4.98 Å². The Morgan fingerprint density at radius 2 is 2.56 bits per heavy atom. The summed E-state index contributed by atoms with van der Waals surface area (Å²) in [6.45, 7) is 2.45. The summed E-state index contributed by atoms with van der Waals surface area (Å²) in [4.78, 5) is 3.76. The first-order valence-corrected chi connectivity index (χ1v) is 3.32. The number of nitrogens with zero attached hydrogens (tertiary/aromatic N) is 2. The van der Waals surface area contributed by atoms with Gasteiger partial charge in [0.2, 0.25) is 5.13 Å². The molecule has 0 atom stereocenters. The van der Waals surface area contributed by atoms with E-state index in [1.807, 2.05) is 6.92 Å². The molecule has 0 amide bonds. The van der Waals surface area contributed by atoms with Gasteiger partial charge in [-0.15, -0.1) is 4.37 Å². The van der Waals surface area contributed by atoms with Gasteiger partial charge in [0, 0.05) is 11.5 Å².